The summed E-state index contributed by atoms with van der Waals surface area (Å²) in [5, 5.41) is 28.2. The quantitative estimate of drug-likeness (QED) is 0.0251. The van der Waals surface area contributed by atoms with Crippen molar-refractivity contribution in [2.45, 2.75) is 144 Å². The highest BCUT2D eigenvalue weighted by Gasteiger charge is 2.10. The maximum absolute atomic E-state index is 10.7. The number of rotatable bonds is 41. The molecule has 0 aliphatic rings. The summed E-state index contributed by atoms with van der Waals surface area (Å²) in [6.07, 6.45) is 21.7. The number of hydrogen-bond donors (Lipinski definition) is 4. The van der Waals surface area contributed by atoms with Crippen LogP contribution in [0.5, 0.6) is 46.0 Å². The second-order valence-corrected chi connectivity index (χ2v) is 17.9. The molecule has 4 N–H and O–H groups in total. The Morgan fingerprint density at radius 2 is 0.729 bits per heavy atom. The highest BCUT2D eigenvalue weighted by molar-refractivity contribution is 5.84. The minimum Gasteiger partial charge on any atom is -0.507 e. The predicted octanol–water partition coefficient (Wildman–Crippen LogP) is 12.8. The molecule has 4 aromatic rings. The van der Waals surface area contributed by atoms with E-state index in [1.165, 1.54) is 51.4 Å². The highest BCUT2D eigenvalue weighted by atomic mass is 16.5. The van der Waals surface area contributed by atoms with Crippen LogP contribution < -0.4 is 39.1 Å². The van der Waals surface area contributed by atoms with E-state index in [4.69, 9.17) is 28.4 Å². The summed E-state index contributed by atoms with van der Waals surface area (Å²) < 4.78 is 36.6. The normalized spacial score (nSPS) is 11.4. The fraction of sp³-hybridized carbons (Fsp3) is 0.552. The zero-order valence-electron chi connectivity index (χ0n) is 43.1. The Bertz CT molecular complexity index is 1850. The van der Waals surface area contributed by atoms with Gasteiger partial charge in [-0.25, -0.2) is 0 Å². The van der Waals surface area contributed by atoms with Gasteiger partial charge in [0.05, 0.1) is 39.5 Å². The number of nitrogens with zero attached hydrogens (tertiary/aromatic N) is 2. The number of phenolic OH excluding ortho intramolecular Hbond substituents is 2. The van der Waals surface area contributed by atoms with Gasteiger partial charge in [0.1, 0.15) is 59.2 Å². The van der Waals surface area contributed by atoms with Gasteiger partial charge in [-0.2, -0.15) is 0 Å². The van der Waals surface area contributed by atoms with Crippen LogP contribution in [0.3, 0.4) is 0 Å². The molecule has 0 spiro atoms. The lowest BCUT2D eigenvalue weighted by Gasteiger charge is -2.14. The molecule has 0 aliphatic carbocycles. The molecule has 12 nitrogen and oxygen atoms in total. The molecule has 0 aliphatic heterocycles. The van der Waals surface area contributed by atoms with Gasteiger partial charge in [0, 0.05) is 74.0 Å². The van der Waals surface area contributed by atoms with Gasteiger partial charge in [-0.3, -0.25) is 9.98 Å². The summed E-state index contributed by atoms with van der Waals surface area (Å²) in [5.74, 6) is 4.52. The number of hydrogen-bond acceptors (Lipinski definition) is 12. The molecule has 0 radical (unpaired) electrons. The molecule has 0 unspecified atom stereocenters. The third-order valence-corrected chi connectivity index (χ3v) is 11.5. The molecule has 4 rings (SSSR count). The Labute approximate surface area is 420 Å². The van der Waals surface area contributed by atoms with Crippen LogP contribution in [-0.4, -0.2) is 88.3 Å². The largest absolute Gasteiger partial charge is 0.507 e. The maximum Gasteiger partial charge on any atom is 0.128 e. The Morgan fingerprint density at radius 1 is 0.386 bits per heavy atom. The number of phenols is 2. The first-order valence-electron chi connectivity index (χ1n) is 26.5. The number of benzene rings is 4. The van der Waals surface area contributed by atoms with Crippen LogP contribution in [0.2, 0.25) is 0 Å². The molecule has 0 fully saturated rings. The summed E-state index contributed by atoms with van der Waals surface area (Å²) in [4.78, 5) is 8.99. The topological polar surface area (TPSA) is 145 Å². The van der Waals surface area contributed by atoms with Crippen molar-refractivity contribution < 1.29 is 38.6 Å². The van der Waals surface area contributed by atoms with Crippen molar-refractivity contribution in [3.63, 3.8) is 0 Å². The fourth-order valence-corrected chi connectivity index (χ4v) is 7.45. The van der Waals surface area contributed by atoms with Gasteiger partial charge in [-0.1, -0.05) is 105 Å². The second kappa shape index (κ2) is 36.5. The first-order chi connectivity index (χ1) is 34.4. The van der Waals surface area contributed by atoms with Gasteiger partial charge < -0.3 is 49.3 Å². The third-order valence-electron chi connectivity index (χ3n) is 11.5. The standard InChI is InChI=1S/C58H86N4O8/c1-5-9-13-17-31-65-53-35-47(36-54(39-53)66-32-18-14-10-6-2)45-69-51-23-21-49(57(63)41-51)43-61-29-27-59-25-26-60-28-30-62-44-50-22-24-52(42-58(50)64)70-46-48-37-55(67-33-19-15-11-7-3)40-56(38-48)68-34-20-16-12-8-4/h21-24,35-44,59-60,63-64H,5-20,25-34,45-46H2,1-4H3. The summed E-state index contributed by atoms with van der Waals surface area (Å²) in [6, 6.07) is 22.5. The van der Waals surface area contributed by atoms with Crippen molar-refractivity contribution in [2.24, 2.45) is 9.98 Å². The molecule has 0 saturated carbocycles. The van der Waals surface area contributed by atoms with Crippen LogP contribution in [-0.2, 0) is 13.2 Å². The molecular formula is C58H86N4O8. The minimum absolute atomic E-state index is 0.114. The number of aromatic hydroxyl groups is 2. The Morgan fingerprint density at radius 3 is 1.04 bits per heavy atom. The summed E-state index contributed by atoms with van der Waals surface area (Å²) in [7, 11) is 0. The van der Waals surface area contributed by atoms with Crippen LogP contribution in [0, 0.1) is 0 Å². The molecule has 0 amide bonds. The van der Waals surface area contributed by atoms with E-state index < -0.39 is 0 Å². The smallest absolute Gasteiger partial charge is 0.128 e. The summed E-state index contributed by atoms with van der Waals surface area (Å²) in [5.41, 5.74) is 3.16. The maximum atomic E-state index is 10.7. The van der Waals surface area contributed by atoms with E-state index in [9.17, 15) is 10.2 Å². The summed E-state index contributed by atoms with van der Waals surface area (Å²) >= 11 is 0. The molecule has 0 heterocycles. The van der Waals surface area contributed by atoms with Gasteiger partial charge in [-0.15, -0.1) is 0 Å². The van der Waals surface area contributed by atoms with Crippen LogP contribution in [0.15, 0.2) is 82.8 Å². The average Bonchev–Trinajstić information content (AvgIpc) is 3.36. The number of nitrogens with one attached hydrogen (secondary N) is 2. The van der Waals surface area contributed by atoms with Crippen LogP contribution in [0.1, 0.15) is 153 Å². The van der Waals surface area contributed by atoms with Crippen LogP contribution in [0.25, 0.3) is 0 Å². The van der Waals surface area contributed by atoms with Crippen molar-refractivity contribution in [3.8, 4) is 46.0 Å². The zero-order chi connectivity index (χ0) is 49.7. The lowest BCUT2D eigenvalue weighted by atomic mass is 10.2. The van der Waals surface area contributed by atoms with E-state index in [1.54, 1.807) is 24.6 Å². The first-order valence-corrected chi connectivity index (χ1v) is 26.5. The number of aliphatic imine (C=N–C) groups is 2. The van der Waals surface area contributed by atoms with Crippen molar-refractivity contribution in [2.75, 3.05) is 65.7 Å². The van der Waals surface area contributed by atoms with Crippen molar-refractivity contribution in [1.29, 1.82) is 0 Å². The third kappa shape index (κ3) is 24.9. The zero-order valence-corrected chi connectivity index (χ0v) is 43.1. The first kappa shape index (κ1) is 57.1. The van der Waals surface area contributed by atoms with E-state index in [-0.39, 0.29) is 11.5 Å². The SMILES string of the molecule is CCCCCCOc1cc(COc2ccc(C=NCCNCCNCCN=Cc3ccc(OCc4cc(OCCCCCC)cc(OCCCCCC)c4)cc3O)c(O)c2)cc(OCCCCCC)c1. The van der Waals surface area contributed by atoms with E-state index in [1.807, 2.05) is 60.7 Å². The molecule has 0 atom stereocenters. The van der Waals surface area contributed by atoms with Gasteiger partial charge in [0.2, 0.25) is 0 Å². The number of unbranched alkanes of at least 4 members (excludes halogenated alkanes) is 12. The lowest BCUT2D eigenvalue weighted by molar-refractivity contribution is 0.282. The highest BCUT2D eigenvalue weighted by Crippen LogP contribution is 2.29. The van der Waals surface area contributed by atoms with Gasteiger partial charge >= 0.3 is 0 Å². The Kier molecular flexibility index (Phi) is 29.8. The van der Waals surface area contributed by atoms with E-state index in [2.05, 4.69) is 48.3 Å². The van der Waals surface area contributed by atoms with Crippen molar-refractivity contribution >= 4 is 12.4 Å². The molecule has 4 aromatic carbocycles. The molecule has 0 aromatic heterocycles. The van der Waals surface area contributed by atoms with Gasteiger partial charge in [0.15, 0.2) is 0 Å². The van der Waals surface area contributed by atoms with E-state index in [0.717, 1.165) is 98.6 Å². The molecule has 12 heteroatoms. The fourth-order valence-electron chi connectivity index (χ4n) is 7.45. The molecule has 386 valence electrons. The molecule has 0 saturated heterocycles. The lowest BCUT2D eigenvalue weighted by Crippen LogP contribution is -2.30. The van der Waals surface area contributed by atoms with Crippen molar-refractivity contribution in [1.82, 2.24) is 10.6 Å². The van der Waals surface area contributed by atoms with Crippen LogP contribution >= 0.6 is 0 Å². The van der Waals surface area contributed by atoms with Gasteiger partial charge in [-0.05, 0) is 85.3 Å². The molecular weight excluding hydrogens is 881 g/mol. The van der Waals surface area contributed by atoms with E-state index >= 15 is 0 Å². The second-order valence-electron chi connectivity index (χ2n) is 17.9. The average molecular weight is 967 g/mol. The molecule has 0 bridgehead atoms. The van der Waals surface area contributed by atoms with Crippen LogP contribution in [0.4, 0.5) is 0 Å². The minimum atomic E-state index is 0.114. The van der Waals surface area contributed by atoms with E-state index in [0.29, 0.717) is 88.4 Å². The molecule has 70 heavy (non-hydrogen) atoms. The monoisotopic (exact) mass is 967 g/mol. The van der Waals surface area contributed by atoms with Gasteiger partial charge in [0.25, 0.3) is 0 Å². The Hall–Kier alpha value is -5.46. The number of ether oxygens (including phenoxy) is 6. The predicted molar refractivity (Wildman–Crippen MR) is 287 cm³/mol. The Balaban J connectivity index is 1.11. The van der Waals surface area contributed by atoms with Crippen molar-refractivity contribution in [3.05, 3.63) is 95.1 Å². The summed E-state index contributed by atoms with van der Waals surface area (Å²) in [6.45, 7) is 16.3.